The fourth-order valence-corrected chi connectivity index (χ4v) is 1.90. The number of methoxy groups -OCH3 is 1. The molecule has 0 aliphatic heterocycles. The van der Waals surface area contributed by atoms with E-state index >= 15 is 0 Å². The van der Waals surface area contributed by atoms with Gasteiger partial charge < -0.3 is 4.74 Å². The van der Waals surface area contributed by atoms with Crippen molar-refractivity contribution in [3.8, 4) is 0 Å². The SMILES string of the molecule is CCc1cccc(C(CCC(C)OC)NN)c1. The van der Waals surface area contributed by atoms with Crippen molar-refractivity contribution in [3.05, 3.63) is 35.4 Å². The molecule has 0 saturated carbocycles. The second-order valence-electron chi connectivity index (χ2n) is 4.44. The number of ether oxygens (including phenoxy) is 1. The van der Waals surface area contributed by atoms with Crippen molar-refractivity contribution in [3.63, 3.8) is 0 Å². The maximum atomic E-state index is 5.63. The molecule has 0 saturated heterocycles. The van der Waals surface area contributed by atoms with Crippen molar-refractivity contribution >= 4 is 0 Å². The van der Waals surface area contributed by atoms with Crippen molar-refractivity contribution in [2.45, 2.75) is 45.3 Å². The van der Waals surface area contributed by atoms with E-state index in [0.29, 0.717) is 0 Å². The van der Waals surface area contributed by atoms with Crippen LogP contribution in [0.2, 0.25) is 0 Å². The zero-order valence-corrected chi connectivity index (χ0v) is 11.1. The van der Waals surface area contributed by atoms with Crippen LogP contribution >= 0.6 is 0 Å². The first-order valence-corrected chi connectivity index (χ1v) is 6.29. The molecule has 1 aromatic carbocycles. The lowest BCUT2D eigenvalue weighted by Gasteiger charge is -2.19. The van der Waals surface area contributed by atoms with Crippen LogP contribution in [0.1, 0.15) is 43.9 Å². The van der Waals surface area contributed by atoms with Gasteiger partial charge in [0.15, 0.2) is 0 Å². The van der Waals surface area contributed by atoms with E-state index in [1.807, 2.05) is 0 Å². The Morgan fingerprint density at radius 2 is 2.12 bits per heavy atom. The van der Waals surface area contributed by atoms with Gasteiger partial charge in [-0.2, -0.15) is 0 Å². The maximum absolute atomic E-state index is 5.63. The average molecular weight is 236 g/mol. The molecule has 0 bridgehead atoms. The predicted octanol–water partition coefficient (Wildman–Crippen LogP) is 2.57. The summed E-state index contributed by atoms with van der Waals surface area (Å²) < 4.78 is 5.26. The minimum atomic E-state index is 0.207. The largest absolute Gasteiger partial charge is 0.382 e. The summed E-state index contributed by atoms with van der Waals surface area (Å²) in [7, 11) is 1.74. The van der Waals surface area contributed by atoms with Gasteiger partial charge in [0, 0.05) is 13.2 Å². The normalized spacial score (nSPS) is 14.6. The van der Waals surface area contributed by atoms with Crippen LogP contribution in [-0.4, -0.2) is 13.2 Å². The number of hydrogen-bond acceptors (Lipinski definition) is 3. The minimum absolute atomic E-state index is 0.207. The van der Waals surface area contributed by atoms with Crippen LogP contribution in [0.15, 0.2) is 24.3 Å². The van der Waals surface area contributed by atoms with Gasteiger partial charge in [0.05, 0.1) is 6.10 Å². The molecule has 3 N–H and O–H groups in total. The van der Waals surface area contributed by atoms with Crippen LogP contribution < -0.4 is 11.3 Å². The van der Waals surface area contributed by atoms with Crippen molar-refractivity contribution in [2.75, 3.05) is 7.11 Å². The third-order valence-corrected chi connectivity index (χ3v) is 3.23. The zero-order chi connectivity index (χ0) is 12.7. The first-order valence-electron chi connectivity index (χ1n) is 6.29. The first-order chi connectivity index (χ1) is 8.21. The number of nitrogens with one attached hydrogen (secondary N) is 1. The van der Waals surface area contributed by atoms with Gasteiger partial charge in [0.25, 0.3) is 0 Å². The summed E-state index contributed by atoms with van der Waals surface area (Å²) in [6.07, 6.45) is 3.32. The molecule has 0 fully saturated rings. The van der Waals surface area contributed by atoms with E-state index < -0.39 is 0 Å². The molecule has 0 heterocycles. The predicted molar refractivity (Wildman–Crippen MR) is 71.6 cm³/mol. The van der Waals surface area contributed by atoms with Crippen LogP contribution in [0.25, 0.3) is 0 Å². The minimum Gasteiger partial charge on any atom is -0.382 e. The number of benzene rings is 1. The summed E-state index contributed by atoms with van der Waals surface area (Å²) >= 11 is 0. The highest BCUT2D eigenvalue weighted by Crippen LogP contribution is 2.20. The molecule has 2 atom stereocenters. The Kier molecular flexibility index (Phi) is 6.19. The number of nitrogens with two attached hydrogens (primary N) is 1. The summed E-state index contributed by atoms with van der Waals surface area (Å²) in [5.74, 6) is 5.63. The summed E-state index contributed by atoms with van der Waals surface area (Å²) in [5, 5.41) is 0. The highest BCUT2D eigenvalue weighted by Gasteiger charge is 2.11. The second kappa shape index (κ2) is 7.43. The van der Waals surface area contributed by atoms with Gasteiger partial charge in [-0.05, 0) is 37.3 Å². The van der Waals surface area contributed by atoms with Gasteiger partial charge >= 0.3 is 0 Å². The molecule has 1 rings (SSSR count). The fourth-order valence-electron chi connectivity index (χ4n) is 1.90. The van der Waals surface area contributed by atoms with E-state index in [-0.39, 0.29) is 12.1 Å². The quantitative estimate of drug-likeness (QED) is 0.565. The molecule has 3 nitrogen and oxygen atoms in total. The first kappa shape index (κ1) is 14.2. The topological polar surface area (TPSA) is 47.3 Å². The van der Waals surface area contributed by atoms with Crippen molar-refractivity contribution in [1.29, 1.82) is 0 Å². The van der Waals surface area contributed by atoms with Crippen LogP contribution in [0.5, 0.6) is 0 Å². The second-order valence-corrected chi connectivity index (χ2v) is 4.44. The molecule has 0 radical (unpaired) electrons. The number of aryl methyl sites for hydroxylation is 1. The average Bonchev–Trinajstić information content (AvgIpc) is 2.39. The lowest BCUT2D eigenvalue weighted by atomic mass is 9.98. The molecule has 96 valence electrons. The van der Waals surface area contributed by atoms with Crippen molar-refractivity contribution in [2.24, 2.45) is 5.84 Å². The van der Waals surface area contributed by atoms with Gasteiger partial charge in [0.2, 0.25) is 0 Å². The lowest BCUT2D eigenvalue weighted by molar-refractivity contribution is 0.106. The van der Waals surface area contributed by atoms with Gasteiger partial charge in [-0.3, -0.25) is 11.3 Å². The third kappa shape index (κ3) is 4.46. The number of hydrogen-bond donors (Lipinski definition) is 2. The Hall–Kier alpha value is -0.900. The van der Waals surface area contributed by atoms with Crippen LogP contribution in [0.3, 0.4) is 0 Å². The zero-order valence-electron chi connectivity index (χ0n) is 11.1. The lowest BCUT2D eigenvalue weighted by Crippen LogP contribution is -2.28. The molecule has 0 aliphatic rings. The maximum Gasteiger partial charge on any atom is 0.0543 e. The number of rotatable bonds is 7. The molecule has 1 aromatic rings. The standard InChI is InChI=1S/C14H24N2O/c1-4-12-6-5-7-13(10-12)14(16-15)9-8-11(2)17-3/h5-7,10-11,14,16H,4,8-9,15H2,1-3H3. The fraction of sp³-hybridized carbons (Fsp3) is 0.571. The molecule has 2 unspecified atom stereocenters. The van der Waals surface area contributed by atoms with Crippen molar-refractivity contribution < 1.29 is 4.74 Å². The molecule has 0 aromatic heterocycles. The van der Waals surface area contributed by atoms with E-state index in [1.165, 1.54) is 11.1 Å². The summed E-state index contributed by atoms with van der Waals surface area (Å²) in [6, 6.07) is 8.80. The van der Waals surface area contributed by atoms with Crippen LogP contribution in [-0.2, 0) is 11.2 Å². The van der Waals surface area contributed by atoms with Gasteiger partial charge in [-0.25, -0.2) is 0 Å². The van der Waals surface area contributed by atoms with Gasteiger partial charge in [0.1, 0.15) is 0 Å². The Morgan fingerprint density at radius 1 is 1.35 bits per heavy atom. The summed E-state index contributed by atoms with van der Waals surface area (Å²) in [5.41, 5.74) is 5.50. The van der Waals surface area contributed by atoms with E-state index in [2.05, 4.69) is 43.5 Å². The third-order valence-electron chi connectivity index (χ3n) is 3.23. The molecule has 0 aliphatic carbocycles. The summed E-state index contributed by atoms with van der Waals surface area (Å²) in [6.45, 7) is 4.24. The van der Waals surface area contributed by atoms with E-state index in [0.717, 1.165) is 19.3 Å². The smallest absolute Gasteiger partial charge is 0.0543 e. The Bertz CT molecular complexity index is 328. The monoisotopic (exact) mass is 236 g/mol. The van der Waals surface area contributed by atoms with E-state index in [4.69, 9.17) is 10.6 Å². The molecule has 0 amide bonds. The van der Waals surface area contributed by atoms with Gasteiger partial charge in [-0.1, -0.05) is 31.2 Å². The Balaban J connectivity index is 2.65. The van der Waals surface area contributed by atoms with Gasteiger partial charge in [-0.15, -0.1) is 0 Å². The highest BCUT2D eigenvalue weighted by atomic mass is 16.5. The Labute approximate surface area is 104 Å². The number of hydrazine groups is 1. The molecular formula is C14H24N2O. The molecule has 3 heteroatoms. The van der Waals surface area contributed by atoms with Crippen LogP contribution in [0.4, 0.5) is 0 Å². The van der Waals surface area contributed by atoms with Crippen LogP contribution in [0, 0.1) is 0 Å². The van der Waals surface area contributed by atoms with E-state index in [1.54, 1.807) is 7.11 Å². The highest BCUT2D eigenvalue weighted by molar-refractivity contribution is 5.26. The van der Waals surface area contributed by atoms with Crippen molar-refractivity contribution in [1.82, 2.24) is 5.43 Å². The molecule has 0 spiro atoms. The van der Waals surface area contributed by atoms with E-state index in [9.17, 15) is 0 Å². The molecule has 17 heavy (non-hydrogen) atoms. The summed E-state index contributed by atoms with van der Waals surface area (Å²) in [4.78, 5) is 0. The molecular weight excluding hydrogens is 212 g/mol. The Morgan fingerprint density at radius 3 is 2.71 bits per heavy atom.